The first-order chi connectivity index (χ1) is 20.7. The number of benzene rings is 4. The van der Waals surface area contributed by atoms with E-state index in [1.807, 2.05) is 0 Å². The number of hydrogen-bond donors (Lipinski definition) is 3. The van der Waals surface area contributed by atoms with Crippen molar-refractivity contribution in [1.82, 2.24) is 5.32 Å². The molecule has 4 aromatic carbocycles. The van der Waals surface area contributed by atoms with Gasteiger partial charge in [-0.1, -0.05) is 47.5 Å². The summed E-state index contributed by atoms with van der Waals surface area (Å²) in [6.45, 7) is 0. The average Bonchev–Trinajstić information content (AvgIpc) is 3.02. The number of ether oxygens (including phenoxy) is 2. The second-order valence-electron chi connectivity index (χ2n) is 8.93. The molecule has 0 spiro atoms. The second kappa shape index (κ2) is 15.2. The van der Waals surface area contributed by atoms with Crippen molar-refractivity contribution in [2.24, 2.45) is 0 Å². The molecule has 0 bridgehead atoms. The number of hydrogen-bond acceptors (Lipinski definition) is 6. The smallest absolute Gasteiger partial charge is 0.272 e. The molecule has 11 heteroatoms. The van der Waals surface area contributed by atoms with Crippen molar-refractivity contribution in [3.8, 4) is 11.5 Å². The van der Waals surface area contributed by atoms with Crippen molar-refractivity contribution in [2.75, 3.05) is 30.6 Å². The first-order valence-corrected chi connectivity index (χ1v) is 14.6. The van der Waals surface area contributed by atoms with Gasteiger partial charge in [-0.3, -0.25) is 14.4 Å². The van der Waals surface area contributed by atoms with Crippen LogP contribution in [-0.4, -0.2) is 37.7 Å². The molecule has 4 aromatic rings. The number of carbonyl (C=O) groups is 3. The van der Waals surface area contributed by atoms with Gasteiger partial charge in [0.1, 0.15) is 17.2 Å². The van der Waals surface area contributed by atoms with E-state index in [1.165, 1.54) is 24.9 Å². The lowest BCUT2D eigenvalue weighted by Crippen LogP contribution is -2.30. The number of methoxy groups -OCH3 is 2. The van der Waals surface area contributed by atoms with Gasteiger partial charge in [-0.05, 0) is 72.3 Å². The normalized spacial score (nSPS) is 10.9. The largest absolute Gasteiger partial charge is 0.497 e. The number of thioether (sulfide) groups is 1. The summed E-state index contributed by atoms with van der Waals surface area (Å²) in [7, 11) is 3.07. The molecule has 3 N–H and O–H groups in total. The maximum atomic E-state index is 13.3. The Morgan fingerprint density at radius 2 is 1.58 bits per heavy atom. The van der Waals surface area contributed by atoms with Crippen molar-refractivity contribution in [2.45, 2.75) is 4.90 Å². The van der Waals surface area contributed by atoms with Crippen LogP contribution >= 0.6 is 35.0 Å². The van der Waals surface area contributed by atoms with E-state index in [9.17, 15) is 14.4 Å². The van der Waals surface area contributed by atoms with Gasteiger partial charge in [0.25, 0.3) is 11.8 Å². The number of rotatable bonds is 11. The van der Waals surface area contributed by atoms with Crippen LogP contribution in [0, 0.1) is 0 Å². The minimum atomic E-state index is -0.552. The zero-order valence-corrected chi connectivity index (χ0v) is 25.5. The molecule has 0 radical (unpaired) electrons. The minimum absolute atomic E-state index is 0.0119. The van der Waals surface area contributed by atoms with Gasteiger partial charge in [0.2, 0.25) is 5.91 Å². The molecule has 0 saturated heterocycles. The Hall–Kier alpha value is -4.44. The number of halogens is 2. The Labute approximate surface area is 263 Å². The maximum absolute atomic E-state index is 13.3. The van der Waals surface area contributed by atoms with E-state index in [1.54, 1.807) is 98.1 Å². The van der Waals surface area contributed by atoms with Gasteiger partial charge in [0.05, 0.1) is 25.7 Å². The fourth-order valence-corrected chi connectivity index (χ4v) is 4.95. The highest BCUT2D eigenvalue weighted by Gasteiger charge is 2.16. The molecule has 3 amide bonds. The number of anilines is 2. The summed E-state index contributed by atoms with van der Waals surface area (Å²) in [5.41, 5.74) is 1.90. The zero-order valence-electron chi connectivity index (χ0n) is 23.2. The number of amides is 3. The molecule has 0 aliphatic carbocycles. The lowest BCUT2D eigenvalue weighted by molar-refractivity contribution is -0.114. The molecule has 0 aliphatic rings. The molecule has 0 aliphatic heterocycles. The highest BCUT2D eigenvalue weighted by Crippen LogP contribution is 2.30. The SMILES string of the molecule is COc1ccc(NC(=O)CSc2ccc(NC(=O)/C(=C/c3ccc(Cl)cc3Cl)NC(=O)c3ccccc3)cc2)c(OC)c1. The molecule has 8 nitrogen and oxygen atoms in total. The first-order valence-electron chi connectivity index (χ1n) is 12.8. The Morgan fingerprint density at radius 1 is 0.837 bits per heavy atom. The summed E-state index contributed by atoms with van der Waals surface area (Å²) in [5, 5.41) is 9.07. The highest BCUT2D eigenvalue weighted by molar-refractivity contribution is 8.00. The molecule has 0 atom stereocenters. The predicted octanol–water partition coefficient (Wildman–Crippen LogP) is 7.15. The summed E-state index contributed by atoms with van der Waals surface area (Å²) in [6, 6.07) is 25.5. The third-order valence-corrected chi connectivity index (χ3v) is 7.53. The molecule has 0 unspecified atom stereocenters. The molecule has 4 rings (SSSR count). The first kappa shape index (κ1) is 31.5. The summed E-state index contributed by atoms with van der Waals surface area (Å²) in [4.78, 5) is 39.5. The van der Waals surface area contributed by atoms with Gasteiger partial charge < -0.3 is 25.4 Å². The van der Waals surface area contributed by atoms with Gasteiger partial charge >= 0.3 is 0 Å². The maximum Gasteiger partial charge on any atom is 0.272 e. The van der Waals surface area contributed by atoms with Crippen LogP contribution in [0.25, 0.3) is 6.08 Å². The Balaban J connectivity index is 1.41. The molecule has 0 aromatic heterocycles. The van der Waals surface area contributed by atoms with E-state index in [-0.39, 0.29) is 17.4 Å². The van der Waals surface area contributed by atoms with Crippen LogP contribution in [0.3, 0.4) is 0 Å². The fourth-order valence-electron chi connectivity index (χ4n) is 3.79. The summed E-state index contributed by atoms with van der Waals surface area (Å²) >= 11 is 13.7. The van der Waals surface area contributed by atoms with E-state index in [4.69, 9.17) is 32.7 Å². The van der Waals surface area contributed by atoms with Gasteiger partial charge in [-0.25, -0.2) is 0 Å². The van der Waals surface area contributed by atoms with E-state index in [0.29, 0.717) is 44.0 Å². The Morgan fingerprint density at radius 3 is 2.26 bits per heavy atom. The van der Waals surface area contributed by atoms with Crippen LogP contribution in [0.1, 0.15) is 15.9 Å². The predicted molar refractivity (Wildman–Crippen MR) is 172 cm³/mol. The van der Waals surface area contributed by atoms with E-state index in [0.717, 1.165) is 4.90 Å². The molecule has 0 heterocycles. The third kappa shape index (κ3) is 9.02. The molecular formula is C32H27Cl2N3O5S. The second-order valence-corrected chi connectivity index (χ2v) is 10.8. The van der Waals surface area contributed by atoms with E-state index in [2.05, 4.69) is 16.0 Å². The topological polar surface area (TPSA) is 106 Å². The molecule has 220 valence electrons. The fraction of sp³-hybridized carbons (Fsp3) is 0.0938. The Kier molecular flexibility index (Phi) is 11.1. The zero-order chi connectivity index (χ0) is 30.8. The quantitative estimate of drug-likeness (QED) is 0.119. The summed E-state index contributed by atoms with van der Waals surface area (Å²) < 4.78 is 10.5. The lowest BCUT2D eigenvalue weighted by atomic mass is 10.1. The van der Waals surface area contributed by atoms with Crippen LogP contribution in [0.15, 0.2) is 102 Å². The molecule has 0 fully saturated rings. The van der Waals surface area contributed by atoms with Crippen LogP contribution in [-0.2, 0) is 9.59 Å². The summed E-state index contributed by atoms with van der Waals surface area (Å²) in [6.07, 6.45) is 1.48. The standard InChI is InChI=1S/C32H27Cl2N3O5S/c1-41-24-12-15-27(29(18-24)42-2)36-30(38)19-43-25-13-10-23(11-14-25)35-32(40)28(16-21-8-9-22(33)17-26(21)34)37-31(39)20-6-4-3-5-7-20/h3-18H,19H2,1-2H3,(H,35,40)(H,36,38)(H,37,39)/b28-16-. The third-order valence-electron chi connectivity index (χ3n) is 5.96. The van der Waals surface area contributed by atoms with Crippen molar-refractivity contribution in [3.05, 3.63) is 118 Å². The van der Waals surface area contributed by atoms with E-state index >= 15 is 0 Å². The molecular weight excluding hydrogens is 609 g/mol. The van der Waals surface area contributed by atoms with Gasteiger partial charge in [-0.15, -0.1) is 11.8 Å². The van der Waals surface area contributed by atoms with E-state index < -0.39 is 11.8 Å². The van der Waals surface area contributed by atoms with Crippen LogP contribution in [0.2, 0.25) is 10.0 Å². The monoisotopic (exact) mass is 635 g/mol. The summed E-state index contributed by atoms with van der Waals surface area (Å²) in [5.74, 6) is 0.0423. The number of nitrogens with one attached hydrogen (secondary N) is 3. The lowest BCUT2D eigenvalue weighted by Gasteiger charge is -2.13. The minimum Gasteiger partial charge on any atom is -0.497 e. The number of carbonyl (C=O) groups excluding carboxylic acids is 3. The van der Waals surface area contributed by atoms with Gasteiger partial charge in [0, 0.05) is 32.3 Å². The van der Waals surface area contributed by atoms with Crippen molar-refractivity contribution >= 4 is 70.1 Å². The Bertz CT molecular complexity index is 1650. The molecule has 0 saturated carbocycles. The van der Waals surface area contributed by atoms with Crippen LogP contribution in [0.4, 0.5) is 11.4 Å². The van der Waals surface area contributed by atoms with Gasteiger partial charge in [-0.2, -0.15) is 0 Å². The van der Waals surface area contributed by atoms with Crippen molar-refractivity contribution in [3.63, 3.8) is 0 Å². The van der Waals surface area contributed by atoms with Gasteiger partial charge in [0.15, 0.2) is 0 Å². The van der Waals surface area contributed by atoms with Crippen molar-refractivity contribution < 1.29 is 23.9 Å². The average molecular weight is 637 g/mol. The van der Waals surface area contributed by atoms with Crippen molar-refractivity contribution in [1.29, 1.82) is 0 Å². The molecule has 43 heavy (non-hydrogen) atoms. The highest BCUT2D eigenvalue weighted by atomic mass is 35.5. The van der Waals surface area contributed by atoms with Crippen LogP contribution < -0.4 is 25.4 Å². The van der Waals surface area contributed by atoms with Crippen LogP contribution in [0.5, 0.6) is 11.5 Å².